The Bertz CT molecular complexity index is 339. The minimum absolute atomic E-state index is 0.825. The third-order valence-electron chi connectivity index (χ3n) is 2.51. The van der Waals surface area contributed by atoms with Gasteiger partial charge in [-0.1, -0.05) is 27.5 Å². The smallest absolute Gasteiger partial charge is 0.0594 e. The number of benzene rings is 1. The molecule has 1 heterocycles. The first-order chi connectivity index (χ1) is 7.25. The Hall–Kier alpha value is -0.0900. The van der Waals surface area contributed by atoms with Gasteiger partial charge in [0.05, 0.1) is 13.2 Å². The Balaban J connectivity index is 2.05. The van der Waals surface area contributed by atoms with Gasteiger partial charge >= 0.3 is 0 Å². The fourth-order valence-electron chi connectivity index (χ4n) is 1.66. The van der Waals surface area contributed by atoms with E-state index in [1.54, 1.807) is 0 Å². The van der Waals surface area contributed by atoms with Crippen LogP contribution in [0.2, 0.25) is 5.02 Å². The van der Waals surface area contributed by atoms with Crippen LogP contribution in [-0.4, -0.2) is 31.2 Å². The molecule has 0 unspecified atom stereocenters. The van der Waals surface area contributed by atoms with Gasteiger partial charge in [-0.25, -0.2) is 0 Å². The highest BCUT2D eigenvalue weighted by Gasteiger charge is 2.12. The molecular formula is C11H13BrClNO. The van der Waals surface area contributed by atoms with Crippen LogP contribution in [0.4, 0.5) is 0 Å². The van der Waals surface area contributed by atoms with Gasteiger partial charge in [0.25, 0.3) is 0 Å². The quantitative estimate of drug-likeness (QED) is 0.830. The SMILES string of the molecule is Clc1ccc(Br)cc1CN1CCOCC1. The summed E-state index contributed by atoms with van der Waals surface area (Å²) < 4.78 is 6.39. The fraction of sp³-hybridized carbons (Fsp3) is 0.455. The van der Waals surface area contributed by atoms with Crippen molar-refractivity contribution in [3.8, 4) is 0 Å². The normalized spacial score (nSPS) is 18.0. The average molecular weight is 291 g/mol. The highest BCUT2D eigenvalue weighted by molar-refractivity contribution is 9.10. The van der Waals surface area contributed by atoms with Crippen LogP contribution in [0.5, 0.6) is 0 Å². The summed E-state index contributed by atoms with van der Waals surface area (Å²) in [5.41, 5.74) is 1.17. The Labute approximate surface area is 103 Å². The largest absolute Gasteiger partial charge is 0.379 e. The van der Waals surface area contributed by atoms with E-state index in [0.717, 1.165) is 42.3 Å². The number of nitrogens with zero attached hydrogens (tertiary/aromatic N) is 1. The van der Waals surface area contributed by atoms with Gasteiger partial charge < -0.3 is 4.74 Å². The minimum atomic E-state index is 0.825. The molecule has 0 radical (unpaired) electrons. The van der Waals surface area contributed by atoms with E-state index in [4.69, 9.17) is 16.3 Å². The lowest BCUT2D eigenvalue weighted by Crippen LogP contribution is -2.35. The maximum Gasteiger partial charge on any atom is 0.0594 e. The molecule has 0 atom stereocenters. The van der Waals surface area contributed by atoms with Crippen LogP contribution < -0.4 is 0 Å². The highest BCUT2D eigenvalue weighted by atomic mass is 79.9. The van der Waals surface area contributed by atoms with Gasteiger partial charge in [-0.3, -0.25) is 4.90 Å². The molecule has 1 aromatic rings. The van der Waals surface area contributed by atoms with Crippen molar-refractivity contribution < 1.29 is 4.74 Å². The van der Waals surface area contributed by atoms with Gasteiger partial charge in [-0.15, -0.1) is 0 Å². The van der Waals surface area contributed by atoms with Crippen molar-refractivity contribution >= 4 is 27.5 Å². The van der Waals surface area contributed by atoms with E-state index in [9.17, 15) is 0 Å². The summed E-state index contributed by atoms with van der Waals surface area (Å²) in [6.45, 7) is 4.53. The van der Waals surface area contributed by atoms with Crippen LogP contribution in [0.3, 0.4) is 0 Å². The standard InChI is InChI=1S/C11H13BrClNO/c12-10-1-2-11(13)9(7-10)8-14-3-5-15-6-4-14/h1-2,7H,3-6,8H2. The summed E-state index contributed by atoms with van der Waals surface area (Å²) in [6.07, 6.45) is 0. The molecule has 82 valence electrons. The molecule has 0 spiro atoms. The Morgan fingerprint density at radius 1 is 1.33 bits per heavy atom. The maximum absolute atomic E-state index is 6.14. The van der Waals surface area contributed by atoms with Crippen molar-refractivity contribution in [3.05, 3.63) is 33.3 Å². The minimum Gasteiger partial charge on any atom is -0.379 e. The zero-order valence-electron chi connectivity index (χ0n) is 8.38. The van der Waals surface area contributed by atoms with Crippen LogP contribution in [0.15, 0.2) is 22.7 Å². The van der Waals surface area contributed by atoms with Gasteiger partial charge in [0.1, 0.15) is 0 Å². The second-order valence-corrected chi connectivity index (χ2v) is 4.95. The van der Waals surface area contributed by atoms with Crippen molar-refractivity contribution in [1.82, 2.24) is 4.90 Å². The van der Waals surface area contributed by atoms with Gasteiger partial charge in [0, 0.05) is 29.1 Å². The van der Waals surface area contributed by atoms with Crippen molar-refractivity contribution in [2.45, 2.75) is 6.54 Å². The van der Waals surface area contributed by atoms with Gasteiger partial charge in [-0.2, -0.15) is 0 Å². The number of ether oxygens (including phenoxy) is 1. The summed E-state index contributed by atoms with van der Waals surface area (Å²) in [5, 5.41) is 0.838. The summed E-state index contributed by atoms with van der Waals surface area (Å²) >= 11 is 9.60. The van der Waals surface area contributed by atoms with Crippen LogP contribution in [0.25, 0.3) is 0 Å². The third kappa shape index (κ3) is 3.18. The maximum atomic E-state index is 6.14. The summed E-state index contributed by atoms with van der Waals surface area (Å²) in [4.78, 5) is 2.36. The molecule has 1 fully saturated rings. The fourth-order valence-corrected chi connectivity index (χ4v) is 2.25. The first-order valence-electron chi connectivity index (χ1n) is 5.00. The Morgan fingerprint density at radius 2 is 2.07 bits per heavy atom. The summed E-state index contributed by atoms with van der Waals surface area (Å²) in [5.74, 6) is 0. The van der Waals surface area contributed by atoms with Crippen LogP contribution in [0, 0.1) is 0 Å². The molecule has 15 heavy (non-hydrogen) atoms. The molecule has 2 rings (SSSR count). The van der Waals surface area contributed by atoms with Crippen LogP contribution in [-0.2, 0) is 11.3 Å². The molecule has 0 amide bonds. The van der Waals surface area contributed by atoms with E-state index in [1.807, 2.05) is 12.1 Å². The number of hydrogen-bond donors (Lipinski definition) is 0. The lowest BCUT2D eigenvalue weighted by molar-refractivity contribution is 0.0342. The number of rotatable bonds is 2. The van der Waals surface area contributed by atoms with E-state index in [1.165, 1.54) is 5.56 Å². The predicted octanol–water partition coefficient (Wildman–Crippen LogP) is 2.93. The zero-order valence-corrected chi connectivity index (χ0v) is 10.7. The molecule has 1 aliphatic heterocycles. The van der Waals surface area contributed by atoms with Gasteiger partial charge in [0.2, 0.25) is 0 Å². The molecule has 4 heteroatoms. The summed E-state index contributed by atoms with van der Waals surface area (Å²) in [7, 11) is 0. The van der Waals surface area contributed by atoms with Crippen LogP contribution >= 0.6 is 27.5 Å². The Morgan fingerprint density at radius 3 is 2.80 bits per heavy atom. The third-order valence-corrected chi connectivity index (χ3v) is 3.37. The lowest BCUT2D eigenvalue weighted by atomic mass is 10.2. The molecule has 0 N–H and O–H groups in total. The molecular weight excluding hydrogens is 277 g/mol. The molecule has 1 aromatic carbocycles. The van der Waals surface area contributed by atoms with Crippen molar-refractivity contribution in [2.75, 3.05) is 26.3 Å². The number of halogens is 2. The van der Waals surface area contributed by atoms with E-state index >= 15 is 0 Å². The molecule has 0 bridgehead atoms. The van der Waals surface area contributed by atoms with Crippen molar-refractivity contribution in [1.29, 1.82) is 0 Å². The second-order valence-electron chi connectivity index (χ2n) is 3.62. The average Bonchev–Trinajstić information content (AvgIpc) is 2.25. The van der Waals surface area contributed by atoms with Gasteiger partial charge in [0.15, 0.2) is 0 Å². The van der Waals surface area contributed by atoms with Crippen molar-refractivity contribution in [3.63, 3.8) is 0 Å². The number of hydrogen-bond acceptors (Lipinski definition) is 2. The Kier molecular flexibility index (Phi) is 4.03. The highest BCUT2D eigenvalue weighted by Crippen LogP contribution is 2.22. The van der Waals surface area contributed by atoms with E-state index < -0.39 is 0 Å². The topological polar surface area (TPSA) is 12.5 Å². The molecule has 2 nitrogen and oxygen atoms in total. The lowest BCUT2D eigenvalue weighted by Gasteiger charge is -2.26. The first kappa shape index (κ1) is 11.4. The zero-order chi connectivity index (χ0) is 10.7. The molecule has 0 aromatic heterocycles. The second kappa shape index (κ2) is 5.30. The van der Waals surface area contributed by atoms with E-state index in [2.05, 4.69) is 26.9 Å². The predicted molar refractivity (Wildman–Crippen MR) is 65.2 cm³/mol. The van der Waals surface area contributed by atoms with E-state index in [-0.39, 0.29) is 0 Å². The van der Waals surface area contributed by atoms with E-state index in [0.29, 0.717) is 0 Å². The van der Waals surface area contributed by atoms with Crippen LogP contribution in [0.1, 0.15) is 5.56 Å². The summed E-state index contributed by atoms with van der Waals surface area (Å²) in [6, 6.07) is 5.98. The molecule has 1 saturated heterocycles. The molecule has 0 aliphatic carbocycles. The van der Waals surface area contributed by atoms with Crippen molar-refractivity contribution in [2.24, 2.45) is 0 Å². The molecule has 1 aliphatic rings. The van der Waals surface area contributed by atoms with Gasteiger partial charge in [-0.05, 0) is 23.8 Å². The molecule has 0 saturated carbocycles. The number of morpholine rings is 1. The first-order valence-corrected chi connectivity index (χ1v) is 6.17. The monoisotopic (exact) mass is 289 g/mol.